The van der Waals surface area contributed by atoms with E-state index in [2.05, 4.69) is 11.0 Å². The quantitative estimate of drug-likeness (QED) is 0.583. The van der Waals surface area contributed by atoms with Gasteiger partial charge in [-0.25, -0.2) is 9.18 Å². The second-order valence-corrected chi connectivity index (χ2v) is 11.1. The van der Waals surface area contributed by atoms with E-state index in [1.54, 1.807) is 17.0 Å². The van der Waals surface area contributed by atoms with Gasteiger partial charge in [-0.05, 0) is 50.8 Å². The average Bonchev–Trinajstić information content (AvgIpc) is 2.82. The number of piperazine rings is 1. The Hall–Kier alpha value is -2.44. The van der Waals surface area contributed by atoms with Gasteiger partial charge in [0.05, 0.1) is 5.60 Å². The molecule has 1 saturated heterocycles. The largest absolute Gasteiger partial charge is 0.444 e. The number of hydrogen-bond donors (Lipinski definition) is 1. The van der Waals surface area contributed by atoms with Crippen molar-refractivity contribution in [1.82, 2.24) is 9.80 Å². The Labute approximate surface area is 208 Å². The Kier molecular flexibility index (Phi) is 7.82. The number of rotatable bonds is 5. The molecule has 0 spiro atoms. The van der Waals surface area contributed by atoms with Crippen molar-refractivity contribution in [3.05, 3.63) is 59.9 Å². The Morgan fingerprint density at radius 1 is 1.03 bits per heavy atom. The van der Waals surface area contributed by atoms with Crippen LogP contribution in [-0.2, 0) is 4.74 Å². The van der Waals surface area contributed by atoms with Gasteiger partial charge in [-0.2, -0.15) is 0 Å². The van der Waals surface area contributed by atoms with Crippen molar-refractivity contribution in [3.8, 4) is 11.1 Å². The molecule has 5 nitrogen and oxygen atoms in total. The smallest absolute Gasteiger partial charge is 0.410 e. The average molecular weight is 483 g/mol. The summed E-state index contributed by atoms with van der Waals surface area (Å²) in [6.45, 7) is 9.03. The molecule has 2 aromatic carbocycles. The summed E-state index contributed by atoms with van der Waals surface area (Å²) < 4.78 is 20.1. The first-order valence-electron chi connectivity index (χ1n) is 12.9. The lowest BCUT2D eigenvalue weighted by molar-refractivity contribution is -0.0356. The van der Waals surface area contributed by atoms with Crippen LogP contribution in [0.25, 0.3) is 11.1 Å². The van der Waals surface area contributed by atoms with Crippen LogP contribution in [0.15, 0.2) is 48.5 Å². The summed E-state index contributed by atoms with van der Waals surface area (Å²) in [6, 6.07) is 14.9. The third kappa shape index (κ3) is 6.42. The molecule has 1 heterocycles. The topological polar surface area (TPSA) is 53.0 Å². The minimum absolute atomic E-state index is 0.0809. The van der Waals surface area contributed by atoms with Crippen LogP contribution in [0, 0.1) is 5.82 Å². The summed E-state index contributed by atoms with van der Waals surface area (Å²) in [5.74, 6) is -0.321. The van der Waals surface area contributed by atoms with E-state index < -0.39 is 11.2 Å². The molecular formula is C29H39FN2O3. The summed E-state index contributed by atoms with van der Waals surface area (Å²) in [5, 5.41) is 11.8. The number of aliphatic hydroxyl groups is 1. The first-order chi connectivity index (χ1) is 16.6. The van der Waals surface area contributed by atoms with Gasteiger partial charge in [-0.15, -0.1) is 0 Å². The highest BCUT2D eigenvalue weighted by atomic mass is 19.1. The lowest BCUT2D eigenvalue weighted by Gasteiger charge is -2.43. The molecule has 1 saturated carbocycles. The fraction of sp³-hybridized carbons (Fsp3) is 0.552. The highest BCUT2D eigenvalue weighted by Gasteiger charge is 2.40. The number of nitrogens with zero attached hydrogens (tertiary/aromatic N) is 2. The Morgan fingerprint density at radius 3 is 2.37 bits per heavy atom. The van der Waals surface area contributed by atoms with Crippen LogP contribution in [0.5, 0.6) is 0 Å². The first kappa shape index (κ1) is 25.6. The van der Waals surface area contributed by atoms with Crippen LogP contribution in [0.4, 0.5) is 9.18 Å². The van der Waals surface area contributed by atoms with Gasteiger partial charge < -0.3 is 14.7 Å². The van der Waals surface area contributed by atoms with E-state index in [4.69, 9.17) is 4.74 Å². The molecular weight excluding hydrogens is 443 g/mol. The number of hydrogen-bond acceptors (Lipinski definition) is 4. The first-order valence-corrected chi connectivity index (χ1v) is 12.9. The van der Waals surface area contributed by atoms with Crippen molar-refractivity contribution >= 4 is 6.09 Å². The molecule has 1 aliphatic heterocycles. The van der Waals surface area contributed by atoms with Crippen molar-refractivity contribution in [2.75, 3.05) is 32.7 Å². The van der Waals surface area contributed by atoms with E-state index in [1.807, 2.05) is 45.0 Å². The molecule has 1 amide bonds. The van der Waals surface area contributed by atoms with Gasteiger partial charge in [0.25, 0.3) is 0 Å². The fourth-order valence-corrected chi connectivity index (χ4v) is 5.41. The standard InChI is InChI=1S/C29H39FN2O3/c1-28(2,3)35-27(33)32-18-16-31(17-19-32)21-25(29(34)14-7-4-8-15-29)23-11-9-10-22(20-23)24-12-5-6-13-26(24)30/h5-6,9-13,20,25,34H,4,7-8,14-19,21H2,1-3H3. The fourth-order valence-electron chi connectivity index (χ4n) is 5.41. The maximum Gasteiger partial charge on any atom is 0.410 e. The van der Waals surface area contributed by atoms with Crippen molar-refractivity contribution in [1.29, 1.82) is 0 Å². The molecule has 190 valence electrons. The van der Waals surface area contributed by atoms with Gasteiger partial charge in [-0.3, -0.25) is 4.90 Å². The van der Waals surface area contributed by atoms with Crippen LogP contribution in [0.1, 0.15) is 64.4 Å². The van der Waals surface area contributed by atoms with E-state index in [0.29, 0.717) is 25.2 Å². The van der Waals surface area contributed by atoms with Gasteiger partial charge in [0.1, 0.15) is 11.4 Å². The molecule has 0 bridgehead atoms. The summed E-state index contributed by atoms with van der Waals surface area (Å²) in [5.41, 5.74) is 1.17. The number of benzene rings is 2. The zero-order valence-corrected chi connectivity index (χ0v) is 21.3. The highest BCUT2D eigenvalue weighted by Crippen LogP contribution is 2.41. The lowest BCUT2D eigenvalue weighted by Crippen LogP contribution is -2.52. The zero-order chi connectivity index (χ0) is 25.1. The highest BCUT2D eigenvalue weighted by molar-refractivity contribution is 5.68. The second kappa shape index (κ2) is 10.7. The minimum Gasteiger partial charge on any atom is -0.444 e. The lowest BCUT2D eigenvalue weighted by atomic mass is 9.72. The Morgan fingerprint density at radius 2 is 1.71 bits per heavy atom. The molecule has 2 fully saturated rings. The summed E-state index contributed by atoms with van der Waals surface area (Å²) in [4.78, 5) is 16.6. The molecule has 0 radical (unpaired) electrons. The molecule has 2 aliphatic rings. The van der Waals surface area contributed by atoms with Crippen molar-refractivity contribution in [2.24, 2.45) is 0 Å². The van der Waals surface area contributed by atoms with Crippen molar-refractivity contribution in [2.45, 2.75) is 70.0 Å². The predicted molar refractivity (Wildman–Crippen MR) is 137 cm³/mol. The predicted octanol–water partition coefficient (Wildman–Crippen LogP) is 5.82. The van der Waals surface area contributed by atoms with Gasteiger partial charge in [0, 0.05) is 44.2 Å². The van der Waals surface area contributed by atoms with Gasteiger partial charge in [0.2, 0.25) is 0 Å². The number of amides is 1. The van der Waals surface area contributed by atoms with Crippen molar-refractivity contribution in [3.63, 3.8) is 0 Å². The van der Waals surface area contributed by atoms with Crippen molar-refractivity contribution < 1.29 is 19.0 Å². The van der Waals surface area contributed by atoms with Crippen LogP contribution >= 0.6 is 0 Å². The summed E-state index contributed by atoms with van der Waals surface area (Å²) >= 11 is 0. The van der Waals surface area contributed by atoms with Crippen LogP contribution < -0.4 is 0 Å². The second-order valence-electron chi connectivity index (χ2n) is 11.1. The Balaban J connectivity index is 1.53. The third-order valence-corrected chi connectivity index (χ3v) is 7.31. The minimum atomic E-state index is -0.783. The van der Waals surface area contributed by atoms with Gasteiger partial charge in [0.15, 0.2) is 0 Å². The van der Waals surface area contributed by atoms with Crippen LogP contribution in [-0.4, -0.2) is 64.9 Å². The molecule has 0 aromatic heterocycles. The molecule has 1 atom stereocenters. The number of carbonyl (C=O) groups excluding carboxylic acids is 1. The molecule has 4 rings (SSSR count). The van der Waals surface area contributed by atoms with E-state index in [0.717, 1.165) is 56.3 Å². The maximum atomic E-state index is 14.5. The molecule has 1 aliphatic carbocycles. The summed E-state index contributed by atoms with van der Waals surface area (Å²) in [6.07, 6.45) is 4.48. The van der Waals surface area contributed by atoms with Crippen LogP contribution in [0.2, 0.25) is 0 Å². The number of halogens is 1. The number of carbonyl (C=O) groups is 1. The molecule has 2 aromatic rings. The van der Waals surface area contributed by atoms with E-state index in [9.17, 15) is 14.3 Å². The SMILES string of the molecule is CC(C)(C)OC(=O)N1CCN(CC(c2cccc(-c3ccccc3F)c2)C2(O)CCCCC2)CC1. The molecule has 35 heavy (non-hydrogen) atoms. The zero-order valence-electron chi connectivity index (χ0n) is 21.3. The maximum absolute atomic E-state index is 14.5. The molecule has 1 N–H and O–H groups in total. The normalized spacial score (nSPS) is 19.9. The third-order valence-electron chi connectivity index (χ3n) is 7.31. The molecule has 1 unspecified atom stereocenters. The van der Waals surface area contributed by atoms with Crippen LogP contribution in [0.3, 0.4) is 0 Å². The van der Waals surface area contributed by atoms with Gasteiger partial charge in [-0.1, -0.05) is 61.7 Å². The Bertz CT molecular complexity index is 1000. The van der Waals surface area contributed by atoms with Gasteiger partial charge >= 0.3 is 6.09 Å². The van der Waals surface area contributed by atoms with E-state index in [-0.39, 0.29) is 17.8 Å². The molecule has 6 heteroatoms. The van der Waals surface area contributed by atoms with E-state index >= 15 is 0 Å². The summed E-state index contributed by atoms with van der Waals surface area (Å²) in [7, 11) is 0. The van der Waals surface area contributed by atoms with E-state index in [1.165, 1.54) is 6.07 Å². The number of ether oxygens (including phenoxy) is 1. The monoisotopic (exact) mass is 482 g/mol.